The molecule has 0 aliphatic carbocycles. The second kappa shape index (κ2) is 4.40. The van der Waals surface area contributed by atoms with Gasteiger partial charge in [0.05, 0.1) is 0 Å². The van der Waals surface area contributed by atoms with Crippen LogP contribution in [0.4, 0.5) is 0 Å². The third-order valence-corrected chi connectivity index (χ3v) is 1.86. The van der Waals surface area contributed by atoms with Gasteiger partial charge in [-0.3, -0.25) is 9.36 Å². The second-order valence-corrected chi connectivity index (χ2v) is 2.93. The number of primary amides is 1. The van der Waals surface area contributed by atoms with E-state index in [1.807, 2.05) is 0 Å². The van der Waals surface area contributed by atoms with Gasteiger partial charge in [-0.05, 0) is 6.42 Å². The SMILES string of the molecule is NC(=O)CCC(C(=O)O)n1cn[nH]c1=O. The Morgan fingerprint density at radius 3 is 2.73 bits per heavy atom. The monoisotopic (exact) mass is 214 g/mol. The zero-order valence-electron chi connectivity index (χ0n) is 7.71. The van der Waals surface area contributed by atoms with Crippen LogP contribution in [0.1, 0.15) is 18.9 Å². The first kappa shape index (κ1) is 11.0. The molecule has 1 unspecified atom stereocenters. The fourth-order valence-corrected chi connectivity index (χ4v) is 1.14. The Hall–Kier alpha value is -2.12. The van der Waals surface area contributed by atoms with Crippen LogP contribution in [0.25, 0.3) is 0 Å². The van der Waals surface area contributed by atoms with Crippen molar-refractivity contribution in [3.8, 4) is 0 Å². The van der Waals surface area contributed by atoms with Gasteiger partial charge in [0.15, 0.2) is 0 Å². The number of hydrogen-bond donors (Lipinski definition) is 3. The van der Waals surface area contributed by atoms with Gasteiger partial charge in [0.1, 0.15) is 12.4 Å². The fraction of sp³-hybridized carbons (Fsp3) is 0.429. The van der Waals surface area contributed by atoms with Crippen molar-refractivity contribution in [2.45, 2.75) is 18.9 Å². The number of amides is 1. The van der Waals surface area contributed by atoms with Crippen LogP contribution in [0.15, 0.2) is 11.1 Å². The summed E-state index contributed by atoms with van der Waals surface area (Å²) in [5.74, 6) is -1.82. The molecule has 1 amide bonds. The third-order valence-electron chi connectivity index (χ3n) is 1.86. The predicted molar refractivity (Wildman–Crippen MR) is 47.9 cm³/mol. The van der Waals surface area contributed by atoms with Gasteiger partial charge >= 0.3 is 11.7 Å². The van der Waals surface area contributed by atoms with Crippen LogP contribution in [-0.4, -0.2) is 31.7 Å². The Labute approximate surface area is 83.7 Å². The lowest BCUT2D eigenvalue weighted by Gasteiger charge is -2.10. The van der Waals surface area contributed by atoms with Gasteiger partial charge in [-0.15, -0.1) is 0 Å². The quantitative estimate of drug-likeness (QED) is 0.546. The molecule has 0 spiro atoms. The van der Waals surface area contributed by atoms with E-state index in [0.29, 0.717) is 0 Å². The molecular weight excluding hydrogens is 204 g/mol. The highest BCUT2D eigenvalue weighted by Crippen LogP contribution is 2.10. The lowest BCUT2D eigenvalue weighted by atomic mass is 10.1. The first-order chi connectivity index (χ1) is 7.02. The number of carboxylic acids is 1. The predicted octanol–water partition coefficient (Wildman–Crippen LogP) is -1.54. The number of aromatic nitrogens is 3. The summed E-state index contributed by atoms with van der Waals surface area (Å²) in [4.78, 5) is 32.4. The number of carbonyl (C=O) groups is 2. The minimum atomic E-state index is -1.21. The van der Waals surface area contributed by atoms with Crippen LogP contribution in [0.3, 0.4) is 0 Å². The zero-order chi connectivity index (χ0) is 11.4. The fourth-order valence-electron chi connectivity index (χ4n) is 1.14. The van der Waals surface area contributed by atoms with Gasteiger partial charge in [0.2, 0.25) is 5.91 Å². The first-order valence-electron chi connectivity index (χ1n) is 4.15. The molecule has 8 heteroatoms. The van der Waals surface area contributed by atoms with Crippen molar-refractivity contribution in [3.05, 3.63) is 16.8 Å². The summed E-state index contributed by atoms with van der Waals surface area (Å²) in [5, 5.41) is 14.3. The average Bonchev–Trinajstić information content (AvgIpc) is 2.51. The number of hydrogen-bond acceptors (Lipinski definition) is 4. The van der Waals surface area contributed by atoms with E-state index in [1.54, 1.807) is 0 Å². The van der Waals surface area contributed by atoms with Crippen molar-refractivity contribution < 1.29 is 14.7 Å². The summed E-state index contributed by atoms with van der Waals surface area (Å²) in [5.41, 5.74) is 4.26. The van der Waals surface area contributed by atoms with E-state index in [4.69, 9.17) is 10.8 Å². The number of aliphatic carboxylic acids is 1. The number of nitrogens with zero attached hydrogens (tertiary/aromatic N) is 2. The number of aromatic amines is 1. The van der Waals surface area contributed by atoms with Crippen molar-refractivity contribution in [2.75, 3.05) is 0 Å². The van der Waals surface area contributed by atoms with Gasteiger partial charge in [-0.2, -0.15) is 5.10 Å². The number of nitrogens with two attached hydrogens (primary N) is 1. The molecule has 8 nitrogen and oxygen atoms in total. The van der Waals surface area contributed by atoms with E-state index in [1.165, 1.54) is 0 Å². The van der Waals surface area contributed by atoms with Crippen molar-refractivity contribution in [1.29, 1.82) is 0 Å². The van der Waals surface area contributed by atoms with Gasteiger partial charge in [0.25, 0.3) is 0 Å². The highest BCUT2D eigenvalue weighted by molar-refractivity contribution is 5.76. The number of H-pyrrole nitrogens is 1. The Morgan fingerprint density at radius 2 is 2.33 bits per heavy atom. The smallest absolute Gasteiger partial charge is 0.343 e. The molecule has 0 saturated heterocycles. The molecule has 15 heavy (non-hydrogen) atoms. The molecule has 1 aromatic rings. The molecule has 4 N–H and O–H groups in total. The summed E-state index contributed by atoms with van der Waals surface area (Å²) in [7, 11) is 0. The van der Waals surface area contributed by atoms with E-state index in [-0.39, 0.29) is 12.8 Å². The van der Waals surface area contributed by atoms with E-state index in [0.717, 1.165) is 10.9 Å². The Kier molecular flexibility index (Phi) is 3.21. The molecule has 0 bridgehead atoms. The first-order valence-corrected chi connectivity index (χ1v) is 4.15. The summed E-state index contributed by atoms with van der Waals surface area (Å²) in [6.45, 7) is 0. The molecule has 0 radical (unpaired) electrons. The highest BCUT2D eigenvalue weighted by atomic mass is 16.4. The molecule has 1 atom stereocenters. The van der Waals surface area contributed by atoms with E-state index >= 15 is 0 Å². The number of nitrogens with one attached hydrogen (secondary N) is 1. The van der Waals surface area contributed by atoms with Crippen LogP contribution in [-0.2, 0) is 9.59 Å². The molecule has 1 rings (SSSR count). The minimum Gasteiger partial charge on any atom is -0.480 e. The summed E-state index contributed by atoms with van der Waals surface area (Å²) >= 11 is 0. The van der Waals surface area contributed by atoms with Gasteiger partial charge in [-0.1, -0.05) is 0 Å². The average molecular weight is 214 g/mol. The summed E-state index contributed by atoms with van der Waals surface area (Å²) in [6.07, 6.45) is 0.931. The van der Waals surface area contributed by atoms with E-state index in [9.17, 15) is 14.4 Å². The number of carbonyl (C=O) groups excluding carboxylic acids is 1. The largest absolute Gasteiger partial charge is 0.480 e. The number of carboxylic acid groups (broad SMARTS) is 1. The van der Waals surface area contributed by atoms with Crippen molar-refractivity contribution in [2.24, 2.45) is 5.73 Å². The highest BCUT2D eigenvalue weighted by Gasteiger charge is 2.21. The van der Waals surface area contributed by atoms with Crippen LogP contribution in [0.2, 0.25) is 0 Å². The van der Waals surface area contributed by atoms with Crippen LogP contribution in [0.5, 0.6) is 0 Å². The molecule has 0 aromatic carbocycles. The Morgan fingerprint density at radius 1 is 1.67 bits per heavy atom. The van der Waals surface area contributed by atoms with Gasteiger partial charge in [0, 0.05) is 6.42 Å². The molecular formula is C7H10N4O4. The molecule has 0 aliphatic rings. The maximum absolute atomic E-state index is 11.1. The minimum absolute atomic E-state index is 0.0376. The topological polar surface area (TPSA) is 131 Å². The summed E-state index contributed by atoms with van der Waals surface area (Å²) in [6, 6.07) is -1.12. The lowest BCUT2D eigenvalue weighted by Crippen LogP contribution is -2.28. The Bertz CT molecular complexity index is 421. The molecule has 1 heterocycles. The zero-order valence-corrected chi connectivity index (χ0v) is 7.71. The van der Waals surface area contributed by atoms with Crippen LogP contribution >= 0.6 is 0 Å². The lowest BCUT2D eigenvalue weighted by molar-refractivity contribution is -0.141. The maximum atomic E-state index is 11.1. The molecule has 0 aliphatic heterocycles. The van der Waals surface area contributed by atoms with Crippen LogP contribution < -0.4 is 11.4 Å². The van der Waals surface area contributed by atoms with E-state index < -0.39 is 23.6 Å². The molecule has 0 fully saturated rings. The van der Waals surface area contributed by atoms with Crippen molar-refractivity contribution in [3.63, 3.8) is 0 Å². The normalized spacial score (nSPS) is 12.3. The molecule has 1 aromatic heterocycles. The summed E-state index contributed by atoms with van der Waals surface area (Å²) < 4.78 is 0.908. The van der Waals surface area contributed by atoms with Gasteiger partial charge in [-0.25, -0.2) is 14.7 Å². The molecule has 0 saturated carbocycles. The second-order valence-electron chi connectivity index (χ2n) is 2.93. The number of rotatable bonds is 5. The van der Waals surface area contributed by atoms with Crippen molar-refractivity contribution >= 4 is 11.9 Å². The Balaban J connectivity index is 2.84. The third kappa shape index (κ3) is 2.66. The van der Waals surface area contributed by atoms with Crippen LogP contribution in [0, 0.1) is 0 Å². The van der Waals surface area contributed by atoms with Gasteiger partial charge < -0.3 is 10.8 Å². The van der Waals surface area contributed by atoms with E-state index in [2.05, 4.69) is 10.2 Å². The van der Waals surface area contributed by atoms with Crippen molar-refractivity contribution in [1.82, 2.24) is 14.8 Å². The standard InChI is InChI=1S/C7H10N4O4/c8-5(12)2-1-4(6(13)14)11-3-9-10-7(11)15/h3-4H,1-2H2,(H2,8,12)(H,10,15)(H,13,14). The maximum Gasteiger partial charge on any atom is 0.343 e. The molecule has 82 valence electrons.